The lowest BCUT2D eigenvalue weighted by molar-refractivity contribution is 0.235. The van der Waals surface area contributed by atoms with Crippen molar-refractivity contribution in [2.75, 3.05) is 19.0 Å². The molecular weight excluding hydrogens is 442 g/mol. The summed E-state index contributed by atoms with van der Waals surface area (Å²) in [6.45, 7) is 8.76. The highest BCUT2D eigenvalue weighted by Crippen LogP contribution is 2.43. The Morgan fingerprint density at radius 2 is 2.07 bits per heavy atom. The van der Waals surface area contributed by atoms with Gasteiger partial charge in [0, 0.05) is 23.9 Å². The molecule has 0 aliphatic heterocycles. The lowest BCUT2D eigenvalue weighted by atomic mass is 9.84. The van der Waals surface area contributed by atoms with Crippen LogP contribution in [0.25, 0.3) is 0 Å². The fourth-order valence-electron chi connectivity index (χ4n) is 3.80. The second-order valence-corrected chi connectivity index (χ2v) is 8.53. The van der Waals surface area contributed by atoms with Crippen LogP contribution in [-0.4, -0.2) is 25.1 Å². The van der Waals surface area contributed by atoms with Gasteiger partial charge in [-0.05, 0) is 63.1 Å². The molecule has 0 saturated carbocycles. The normalized spacial score (nSPS) is 16.7. The first-order valence-corrected chi connectivity index (χ1v) is 12.2. The molecule has 2 rings (SSSR count). The summed E-state index contributed by atoms with van der Waals surface area (Å²) in [6, 6.07) is 4.28. The van der Waals surface area contributed by atoms with E-state index in [4.69, 9.17) is 14.2 Å². The van der Waals surface area contributed by atoms with E-state index in [9.17, 15) is 0 Å². The predicted molar refractivity (Wildman–Crippen MR) is 129 cm³/mol. The molecule has 0 N–H and O–H groups in total. The number of aryl methyl sites for hydroxylation is 1. The minimum atomic E-state index is 0.244. The molecule has 1 aromatic carbocycles. The van der Waals surface area contributed by atoms with Crippen molar-refractivity contribution < 1.29 is 14.2 Å². The number of halogens is 1. The number of rotatable bonds is 11. The number of alkyl halides is 1. The van der Waals surface area contributed by atoms with Crippen molar-refractivity contribution in [2.24, 2.45) is 4.99 Å². The van der Waals surface area contributed by atoms with Gasteiger partial charge in [0.1, 0.15) is 11.5 Å². The molecule has 5 heteroatoms. The van der Waals surface area contributed by atoms with Crippen LogP contribution >= 0.6 is 15.9 Å². The molecule has 1 aromatic rings. The highest BCUT2D eigenvalue weighted by molar-refractivity contribution is 9.09. The molecule has 1 aliphatic rings. The van der Waals surface area contributed by atoms with Crippen molar-refractivity contribution >= 4 is 22.0 Å². The maximum Gasteiger partial charge on any atom is 0.388 e. The monoisotopic (exact) mass is 477 g/mol. The quantitative estimate of drug-likeness (QED) is 0.0835. The lowest BCUT2D eigenvalue weighted by Crippen LogP contribution is -2.17. The van der Waals surface area contributed by atoms with Gasteiger partial charge in [-0.3, -0.25) is 0 Å². The van der Waals surface area contributed by atoms with Gasteiger partial charge in [-0.25, -0.2) is 4.99 Å². The second-order valence-electron chi connectivity index (χ2n) is 7.74. The molecule has 0 aromatic heterocycles. The zero-order chi connectivity index (χ0) is 21.8. The van der Waals surface area contributed by atoms with Gasteiger partial charge < -0.3 is 14.2 Å². The largest absolute Gasteiger partial charge is 0.465 e. The molecule has 0 saturated heterocycles. The van der Waals surface area contributed by atoms with Crippen LogP contribution in [0.3, 0.4) is 0 Å². The van der Waals surface area contributed by atoms with Gasteiger partial charge in [0.2, 0.25) is 0 Å². The Balaban J connectivity index is 2.44. The van der Waals surface area contributed by atoms with E-state index in [0.717, 1.165) is 60.9 Å². The number of benzene rings is 1. The first-order chi connectivity index (χ1) is 14.6. The molecule has 0 spiro atoms. The van der Waals surface area contributed by atoms with Crippen molar-refractivity contribution in [3.8, 4) is 11.5 Å². The third kappa shape index (κ3) is 7.50. The molecule has 0 radical (unpaired) electrons. The molecule has 0 bridgehead atoms. The standard InChI is InChI=1S/C25H36BrNO3/c1-5-7-8-12-20-17-22(28-6-2)24(21-13-9-11-19(3)16-21)23(18-20)30-25(27-4)29-15-10-14-26/h6,16-18,21H,2,5,7-15H2,1,3-4H3/b27-25-. The van der Waals surface area contributed by atoms with Crippen LogP contribution in [0.2, 0.25) is 0 Å². The Morgan fingerprint density at radius 1 is 1.27 bits per heavy atom. The van der Waals surface area contributed by atoms with Gasteiger partial charge in [0.05, 0.1) is 12.9 Å². The summed E-state index contributed by atoms with van der Waals surface area (Å²) in [7, 11) is 1.69. The Kier molecular flexibility index (Phi) is 11.1. The van der Waals surface area contributed by atoms with Crippen molar-refractivity contribution in [3.05, 3.63) is 47.7 Å². The minimum Gasteiger partial charge on any atom is -0.465 e. The van der Waals surface area contributed by atoms with Gasteiger partial charge >= 0.3 is 6.08 Å². The van der Waals surface area contributed by atoms with Gasteiger partial charge in [-0.15, -0.1) is 0 Å². The molecule has 1 unspecified atom stereocenters. The summed E-state index contributed by atoms with van der Waals surface area (Å²) in [6.07, 6.45) is 12.9. The lowest BCUT2D eigenvalue weighted by Gasteiger charge is -2.25. The second kappa shape index (κ2) is 13.5. The maximum absolute atomic E-state index is 6.23. The van der Waals surface area contributed by atoms with Crippen molar-refractivity contribution in [2.45, 2.75) is 71.1 Å². The van der Waals surface area contributed by atoms with Crippen LogP contribution in [0, 0.1) is 0 Å². The van der Waals surface area contributed by atoms with Crippen LogP contribution in [0.1, 0.15) is 75.8 Å². The van der Waals surface area contributed by atoms with E-state index in [1.54, 1.807) is 7.05 Å². The van der Waals surface area contributed by atoms with E-state index >= 15 is 0 Å². The number of allylic oxidation sites excluding steroid dienone is 2. The Morgan fingerprint density at radius 3 is 2.73 bits per heavy atom. The summed E-state index contributed by atoms with van der Waals surface area (Å²) in [5, 5.41) is 0.881. The summed E-state index contributed by atoms with van der Waals surface area (Å²) >= 11 is 3.43. The average Bonchev–Trinajstić information content (AvgIpc) is 2.73. The van der Waals surface area contributed by atoms with Crippen molar-refractivity contribution in [1.29, 1.82) is 0 Å². The predicted octanol–water partition coefficient (Wildman–Crippen LogP) is 7.32. The summed E-state index contributed by atoms with van der Waals surface area (Å²) in [5.41, 5.74) is 3.66. The number of ether oxygens (including phenoxy) is 3. The van der Waals surface area contributed by atoms with Crippen LogP contribution in [0.15, 0.2) is 41.6 Å². The molecule has 30 heavy (non-hydrogen) atoms. The van der Waals surface area contributed by atoms with E-state index in [0.29, 0.717) is 12.7 Å². The SMILES string of the molecule is C=COc1cc(CCCCC)cc(O/C(=N\C)OCCCBr)c1C1C=C(C)CCC1. The molecule has 4 nitrogen and oxygen atoms in total. The third-order valence-corrected chi connectivity index (χ3v) is 5.83. The van der Waals surface area contributed by atoms with E-state index < -0.39 is 0 Å². The van der Waals surface area contributed by atoms with Crippen LogP contribution in [0.4, 0.5) is 0 Å². The van der Waals surface area contributed by atoms with Crippen LogP contribution < -0.4 is 9.47 Å². The topological polar surface area (TPSA) is 40.0 Å². The molecule has 0 fully saturated rings. The number of unbranched alkanes of at least 4 members (excludes halogenated alkanes) is 2. The maximum atomic E-state index is 6.23. The van der Waals surface area contributed by atoms with Crippen molar-refractivity contribution in [1.82, 2.24) is 0 Å². The number of hydrogen-bond donors (Lipinski definition) is 0. The molecule has 0 amide bonds. The fraction of sp³-hybridized carbons (Fsp3) is 0.560. The fourth-order valence-corrected chi connectivity index (χ4v) is 4.03. The van der Waals surface area contributed by atoms with Gasteiger partial charge in [-0.2, -0.15) is 0 Å². The molecular formula is C25H36BrNO3. The van der Waals surface area contributed by atoms with Crippen LogP contribution in [-0.2, 0) is 11.2 Å². The highest BCUT2D eigenvalue weighted by Gasteiger charge is 2.24. The number of nitrogens with zero attached hydrogens (tertiary/aromatic N) is 1. The van der Waals surface area contributed by atoms with E-state index in [-0.39, 0.29) is 5.92 Å². The minimum absolute atomic E-state index is 0.244. The van der Waals surface area contributed by atoms with Gasteiger partial charge in [0.15, 0.2) is 0 Å². The Hall–Kier alpha value is -1.75. The van der Waals surface area contributed by atoms with E-state index in [1.165, 1.54) is 30.2 Å². The van der Waals surface area contributed by atoms with Crippen LogP contribution in [0.5, 0.6) is 11.5 Å². The summed E-state index contributed by atoms with van der Waals surface area (Å²) < 4.78 is 17.9. The summed E-state index contributed by atoms with van der Waals surface area (Å²) in [5.74, 6) is 1.84. The van der Waals surface area contributed by atoms with Gasteiger partial charge in [-0.1, -0.05) is 53.9 Å². The first-order valence-electron chi connectivity index (χ1n) is 11.1. The third-order valence-electron chi connectivity index (χ3n) is 5.27. The molecule has 166 valence electrons. The van der Waals surface area contributed by atoms with E-state index in [1.807, 2.05) is 0 Å². The summed E-state index contributed by atoms with van der Waals surface area (Å²) in [4.78, 5) is 4.22. The van der Waals surface area contributed by atoms with Crippen molar-refractivity contribution in [3.63, 3.8) is 0 Å². The first kappa shape index (κ1) is 24.5. The van der Waals surface area contributed by atoms with Gasteiger partial charge in [0.25, 0.3) is 0 Å². The molecule has 1 atom stereocenters. The zero-order valence-electron chi connectivity index (χ0n) is 18.7. The smallest absolute Gasteiger partial charge is 0.388 e. The molecule has 0 heterocycles. The Bertz CT molecular complexity index is 742. The van der Waals surface area contributed by atoms with E-state index in [2.05, 4.69) is 59.6 Å². The highest BCUT2D eigenvalue weighted by atomic mass is 79.9. The number of aliphatic imine (C=N–C) groups is 1. The average molecular weight is 478 g/mol. The zero-order valence-corrected chi connectivity index (χ0v) is 20.3. The number of hydrogen-bond acceptors (Lipinski definition) is 4. The Labute approximate surface area is 190 Å². The molecule has 1 aliphatic carbocycles.